The van der Waals surface area contributed by atoms with Crippen LogP contribution in [0.3, 0.4) is 0 Å². The second-order valence-corrected chi connectivity index (χ2v) is 4.86. The molecule has 1 heterocycles. The van der Waals surface area contributed by atoms with Crippen LogP contribution in [0.1, 0.15) is 22.8 Å². The van der Waals surface area contributed by atoms with E-state index < -0.39 is 10.8 Å². The number of anilines is 1. The van der Waals surface area contributed by atoms with E-state index >= 15 is 0 Å². The van der Waals surface area contributed by atoms with Crippen molar-refractivity contribution < 1.29 is 9.72 Å². The Labute approximate surface area is 122 Å². The minimum Gasteiger partial charge on any atom is -0.307 e. The summed E-state index contributed by atoms with van der Waals surface area (Å²) in [5.41, 5.74) is 0.916. The number of hydrogen-bond donors (Lipinski definition) is 2. The molecule has 0 unspecified atom stereocenters. The van der Waals surface area contributed by atoms with Gasteiger partial charge in [0.2, 0.25) is 0 Å². The fraction of sp³-hybridized carbons (Fsp3) is 0.167. The van der Waals surface area contributed by atoms with Crippen LogP contribution in [0.4, 0.5) is 11.5 Å². The molecule has 0 saturated heterocycles. The fourth-order valence-corrected chi connectivity index (χ4v) is 2.06. The number of aromatic amines is 1. The number of carbonyl (C=O) groups is 1. The molecule has 2 N–H and O–H groups in total. The molecule has 0 fully saturated rings. The highest BCUT2D eigenvalue weighted by Gasteiger charge is 2.17. The van der Waals surface area contributed by atoms with Gasteiger partial charge in [0, 0.05) is 17.2 Å². The summed E-state index contributed by atoms with van der Waals surface area (Å²) >= 11 is 3.07. The molecule has 1 aromatic heterocycles. The fourth-order valence-electron chi connectivity index (χ4n) is 1.67. The largest absolute Gasteiger partial charge is 0.307 e. The first-order valence-electron chi connectivity index (χ1n) is 5.80. The van der Waals surface area contributed by atoms with Crippen molar-refractivity contribution in [3.8, 4) is 0 Å². The number of carbonyl (C=O) groups excluding carboxylic acids is 1. The van der Waals surface area contributed by atoms with Gasteiger partial charge in [0.1, 0.15) is 5.82 Å². The summed E-state index contributed by atoms with van der Waals surface area (Å²) in [5, 5.41) is 20.0. The van der Waals surface area contributed by atoms with Gasteiger partial charge >= 0.3 is 0 Å². The van der Waals surface area contributed by atoms with E-state index in [1.807, 2.05) is 6.92 Å². The molecule has 0 spiro atoms. The number of nitrogens with zero attached hydrogens (tertiary/aromatic N) is 2. The van der Waals surface area contributed by atoms with Crippen LogP contribution in [0.2, 0.25) is 0 Å². The third-order valence-electron chi connectivity index (χ3n) is 2.74. The van der Waals surface area contributed by atoms with Crippen LogP contribution in [0.15, 0.2) is 28.9 Å². The number of nitro benzene ring substituents is 1. The van der Waals surface area contributed by atoms with Gasteiger partial charge in [-0.1, -0.05) is 6.92 Å². The SMILES string of the molecule is CCc1cn[nH]c1NC(=O)c1ccc(Br)c([N+](=O)[O-])c1. The summed E-state index contributed by atoms with van der Waals surface area (Å²) in [6.45, 7) is 1.94. The summed E-state index contributed by atoms with van der Waals surface area (Å²) in [5.74, 6) is 0.0719. The van der Waals surface area contributed by atoms with Gasteiger partial charge in [0.05, 0.1) is 15.6 Å². The van der Waals surface area contributed by atoms with E-state index in [0.717, 1.165) is 5.56 Å². The maximum Gasteiger partial charge on any atom is 0.284 e. The highest BCUT2D eigenvalue weighted by molar-refractivity contribution is 9.10. The van der Waals surface area contributed by atoms with Crippen molar-refractivity contribution >= 4 is 33.3 Å². The lowest BCUT2D eigenvalue weighted by molar-refractivity contribution is -0.385. The van der Waals surface area contributed by atoms with Crippen LogP contribution >= 0.6 is 15.9 Å². The summed E-state index contributed by atoms with van der Waals surface area (Å²) in [6.07, 6.45) is 2.34. The first-order chi connectivity index (χ1) is 9.52. The molecule has 1 amide bonds. The van der Waals surface area contributed by atoms with Crippen molar-refractivity contribution in [1.29, 1.82) is 0 Å². The third-order valence-corrected chi connectivity index (χ3v) is 3.41. The molecule has 20 heavy (non-hydrogen) atoms. The van der Waals surface area contributed by atoms with Gasteiger partial charge < -0.3 is 5.32 Å². The zero-order valence-electron chi connectivity index (χ0n) is 10.5. The Balaban J connectivity index is 2.26. The van der Waals surface area contributed by atoms with Crippen LogP contribution in [-0.2, 0) is 6.42 Å². The molecule has 0 radical (unpaired) electrons. The molecule has 0 atom stereocenters. The van der Waals surface area contributed by atoms with E-state index in [9.17, 15) is 14.9 Å². The monoisotopic (exact) mass is 338 g/mol. The summed E-state index contributed by atoms with van der Waals surface area (Å²) in [7, 11) is 0. The molecule has 1 aromatic carbocycles. The first-order valence-corrected chi connectivity index (χ1v) is 6.59. The summed E-state index contributed by atoms with van der Waals surface area (Å²) in [4.78, 5) is 22.4. The molecule has 7 nitrogen and oxygen atoms in total. The van der Waals surface area contributed by atoms with Crippen LogP contribution in [0, 0.1) is 10.1 Å². The van der Waals surface area contributed by atoms with Crippen LogP contribution in [-0.4, -0.2) is 21.0 Å². The van der Waals surface area contributed by atoms with Gasteiger partial charge in [0.15, 0.2) is 0 Å². The average molecular weight is 339 g/mol. The number of nitrogens with one attached hydrogen (secondary N) is 2. The number of H-pyrrole nitrogens is 1. The minimum absolute atomic E-state index is 0.155. The molecule has 0 saturated carbocycles. The molecular formula is C12H11BrN4O3. The molecule has 2 aromatic rings. The predicted octanol–water partition coefficient (Wildman–Crippen LogP) is 2.90. The molecule has 0 aliphatic rings. The van der Waals surface area contributed by atoms with Gasteiger partial charge in [-0.2, -0.15) is 5.10 Å². The van der Waals surface area contributed by atoms with Crippen LogP contribution < -0.4 is 5.32 Å². The molecular weight excluding hydrogens is 328 g/mol. The number of benzene rings is 1. The van der Waals surface area contributed by atoms with E-state index in [0.29, 0.717) is 16.7 Å². The Morgan fingerprint density at radius 3 is 2.95 bits per heavy atom. The van der Waals surface area contributed by atoms with E-state index in [4.69, 9.17) is 0 Å². The number of amides is 1. The van der Waals surface area contributed by atoms with Crippen molar-refractivity contribution in [3.05, 3.63) is 50.1 Å². The molecule has 104 valence electrons. The number of aryl methyl sites for hydroxylation is 1. The van der Waals surface area contributed by atoms with E-state index in [1.54, 1.807) is 6.20 Å². The zero-order chi connectivity index (χ0) is 14.7. The van der Waals surface area contributed by atoms with Crippen molar-refractivity contribution in [2.45, 2.75) is 13.3 Å². The lowest BCUT2D eigenvalue weighted by atomic mass is 10.2. The van der Waals surface area contributed by atoms with E-state index in [2.05, 4.69) is 31.4 Å². The normalized spacial score (nSPS) is 10.3. The minimum atomic E-state index is -0.547. The number of hydrogen-bond acceptors (Lipinski definition) is 4. The molecule has 8 heteroatoms. The smallest absolute Gasteiger partial charge is 0.284 e. The van der Waals surface area contributed by atoms with Gasteiger partial charge in [-0.05, 0) is 34.5 Å². The van der Waals surface area contributed by atoms with E-state index in [1.165, 1.54) is 18.2 Å². The molecule has 2 rings (SSSR count). The van der Waals surface area contributed by atoms with E-state index in [-0.39, 0.29) is 11.3 Å². The van der Waals surface area contributed by atoms with Crippen molar-refractivity contribution in [2.24, 2.45) is 0 Å². The van der Waals surface area contributed by atoms with Gasteiger partial charge in [-0.15, -0.1) is 0 Å². The average Bonchev–Trinajstić information content (AvgIpc) is 2.86. The standard InChI is InChI=1S/C12H11BrN4O3/c1-2-7-6-14-16-11(7)15-12(18)8-3-4-9(13)10(5-8)17(19)20/h3-6H,2H2,1H3,(H2,14,15,16,18). The second kappa shape index (κ2) is 5.83. The first kappa shape index (κ1) is 14.2. The zero-order valence-corrected chi connectivity index (χ0v) is 12.1. The Hall–Kier alpha value is -2.22. The molecule has 0 aliphatic heterocycles. The number of aromatic nitrogens is 2. The van der Waals surface area contributed by atoms with Gasteiger partial charge in [0.25, 0.3) is 11.6 Å². The maximum atomic E-state index is 12.1. The quantitative estimate of drug-likeness (QED) is 0.660. The van der Waals surface area contributed by atoms with Crippen LogP contribution in [0.25, 0.3) is 0 Å². The number of rotatable bonds is 4. The van der Waals surface area contributed by atoms with Gasteiger partial charge in [-0.3, -0.25) is 20.0 Å². The Kier molecular flexibility index (Phi) is 4.14. The molecule has 0 aliphatic carbocycles. The summed E-state index contributed by atoms with van der Waals surface area (Å²) < 4.78 is 0.329. The Bertz CT molecular complexity index is 668. The Morgan fingerprint density at radius 1 is 1.55 bits per heavy atom. The Morgan fingerprint density at radius 2 is 2.30 bits per heavy atom. The molecule has 0 bridgehead atoms. The van der Waals surface area contributed by atoms with Crippen molar-refractivity contribution in [1.82, 2.24) is 10.2 Å². The van der Waals surface area contributed by atoms with Gasteiger partial charge in [-0.25, -0.2) is 0 Å². The lowest BCUT2D eigenvalue weighted by Crippen LogP contribution is -2.13. The summed E-state index contributed by atoms with van der Waals surface area (Å²) in [6, 6.07) is 4.20. The number of nitro groups is 1. The second-order valence-electron chi connectivity index (χ2n) is 4.00. The number of halogens is 1. The van der Waals surface area contributed by atoms with Crippen molar-refractivity contribution in [2.75, 3.05) is 5.32 Å². The van der Waals surface area contributed by atoms with Crippen molar-refractivity contribution in [3.63, 3.8) is 0 Å². The third kappa shape index (κ3) is 2.85. The lowest BCUT2D eigenvalue weighted by Gasteiger charge is -2.05. The maximum absolute atomic E-state index is 12.1. The predicted molar refractivity (Wildman–Crippen MR) is 76.7 cm³/mol. The topological polar surface area (TPSA) is 101 Å². The highest BCUT2D eigenvalue weighted by Crippen LogP contribution is 2.26. The highest BCUT2D eigenvalue weighted by atomic mass is 79.9. The van der Waals surface area contributed by atoms with Crippen LogP contribution in [0.5, 0.6) is 0 Å².